The van der Waals surface area contributed by atoms with Crippen LogP contribution in [0.1, 0.15) is 10.4 Å². The Morgan fingerprint density at radius 1 is 1.56 bits per heavy atom. The van der Waals surface area contributed by atoms with Gasteiger partial charge in [0.2, 0.25) is 5.96 Å². The minimum absolute atomic E-state index is 0.0186. The molecule has 1 aromatic carbocycles. The number of ether oxygens (including phenoxy) is 1. The highest BCUT2D eigenvalue weighted by Gasteiger charge is 2.10. The molecule has 0 amide bonds. The van der Waals surface area contributed by atoms with Gasteiger partial charge in [-0.2, -0.15) is 0 Å². The maximum absolute atomic E-state index is 10.8. The largest absolute Gasteiger partial charge is 0.496 e. The monoisotopic (exact) mass is 224 g/mol. The van der Waals surface area contributed by atoms with Crippen LogP contribution in [-0.4, -0.2) is 24.1 Å². The van der Waals surface area contributed by atoms with Crippen LogP contribution in [0.4, 0.5) is 5.69 Å². The molecule has 0 aromatic heterocycles. The van der Waals surface area contributed by atoms with Crippen molar-refractivity contribution in [3.63, 3.8) is 0 Å². The summed E-state index contributed by atoms with van der Waals surface area (Å²) in [4.78, 5) is 14.7. The molecule has 16 heavy (non-hydrogen) atoms. The molecule has 7 heteroatoms. The number of nitrogens with one attached hydrogen (secondary N) is 1. The van der Waals surface area contributed by atoms with Crippen LogP contribution in [0.5, 0.6) is 5.75 Å². The third-order valence-electron chi connectivity index (χ3n) is 1.81. The summed E-state index contributed by atoms with van der Waals surface area (Å²) in [6, 6.07) is 4.33. The zero-order chi connectivity index (χ0) is 12.1. The van der Waals surface area contributed by atoms with Crippen LogP contribution in [0.25, 0.3) is 0 Å². The summed E-state index contributed by atoms with van der Waals surface area (Å²) < 4.78 is 4.92. The molecule has 1 aromatic rings. The summed E-state index contributed by atoms with van der Waals surface area (Å²) >= 11 is 0. The van der Waals surface area contributed by atoms with E-state index in [1.165, 1.54) is 25.3 Å². The normalized spacial score (nSPS) is 11.0. The molecular formula is C9H12N4O3. The van der Waals surface area contributed by atoms with Gasteiger partial charge in [-0.3, -0.25) is 5.43 Å². The standard InChI is InChI=1S/C9H12N4O3/c1-16-7-4-5(12-9(10)13-11)2-3-6(7)8(14)15/h2-4H,11H2,1H3,(H,14,15)(H3,10,12,13). The quantitative estimate of drug-likeness (QED) is 0.244. The van der Waals surface area contributed by atoms with Gasteiger partial charge in [0, 0.05) is 6.07 Å². The molecule has 0 bridgehead atoms. The number of aromatic carboxylic acids is 1. The predicted octanol–water partition coefficient (Wildman–Crippen LogP) is -0.197. The number of nitrogens with two attached hydrogens (primary N) is 2. The molecule has 7 nitrogen and oxygen atoms in total. The number of benzene rings is 1. The van der Waals surface area contributed by atoms with Gasteiger partial charge in [-0.05, 0) is 12.1 Å². The van der Waals surface area contributed by atoms with E-state index in [9.17, 15) is 4.79 Å². The van der Waals surface area contributed by atoms with Crippen molar-refractivity contribution in [1.82, 2.24) is 5.43 Å². The highest BCUT2D eigenvalue weighted by atomic mass is 16.5. The molecule has 0 heterocycles. The van der Waals surface area contributed by atoms with E-state index in [4.69, 9.17) is 21.4 Å². The third-order valence-corrected chi connectivity index (χ3v) is 1.81. The number of carbonyl (C=O) groups is 1. The second-order valence-corrected chi connectivity index (χ2v) is 2.83. The molecule has 0 saturated heterocycles. The van der Waals surface area contributed by atoms with Crippen molar-refractivity contribution in [1.29, 1.82) is 0 Å². The van der Waals surface area contributed by atoms with E-state index in [0.717, 1.165) is 0 Å². The lowest BCUT2D eigenvalue weighted by atomic mass is 10.2. The molecule has 0 saturated carbocycles. The minimum atomic E-state index is -1.07. The van der Waals surface area contributed by atoms with Gasteiger partial charge in [-0.15, -0.1) is 0 Å². The maximum atomic E-state index is 10.8. The van der Waals surface area contributed by atoms with E-state index in [1.54, 1.807) is 0 Å². The third kappa shape index (κ3) is 2.61. The predicted molar refractivity (Wildman–Crippen MR) is 58.6 cm³/mol. The number of aliphatic imine (C=N–C) groups is 1. The van der Waals surface area contributed by atoms with Crippen molar-refractivity contribution in [2.45, 2.75) is 0 Å². The van der Waals surface area contributed by atoms with E-state index in [2.05, 4.69) is 10.4 Å². The molecule has 6 N–H and O–H groups in total. The van der Waals surface area contributed by atoms with Crippen molar-refractivity contribution in [2.24, 2.45) is 16.6 Å². The lowest BCUT2D eigenvalue weighted by Crippen LogP contribution is -2.36. The van der Waals surface area contributed by atoms with E-state index >= 15 is 0 Å². The van der Waals surface area contributed by atoms with Gasteiger partial charge in [-0.25, -0.2) is 15.6 Å². The zero-order valence-electron chi connectivity index (χ0n) is 8.60. The van der Waals surface area contributed by atoms with E-state index in [1.807, 2.05) is 0 Å². The van der Waals surface area contributed by atoms with E-state index in [-0.39, 0.29) is 17.3 Å². The van der Waals surface area contributed by atoms with Crippen LogP contribution in [0.3, 0.4) is 0 Å². The average Bonchev–Trinajstić information content (AvgIpc) is 2.28. The van der Waals surface area contributed by atoms with Crippen LogP contribution < -0.4 is 21.7 Å². The Morgan fingerprint density at radius 2 is 2.25 bits per heavy atom. The Kier molecular flexibility index (Phi) is 3.67. The van der Waals surface area contributed by atoms with Crippen molar-refractivity contribution < 1.29 is 14.6 Å². The summed E-state index contributed by atoms with van der Waals surface area (Å²) in [5, 5.41) is 8.84. The lowest BCUT2D eigenvalue weighted by Gasteiger charge is -2.05. The summed E-state index contributed by atoms with van der Waals surface area (Å²) in [5.74, 6) is 4.19. The summed E-state index contributed by atoms with van der Waals surface area (Å²) in [6.45, 7) is 0. The highest BCUT2D eigenvalue weighted by molar-refractivity contribution is 5.91. The van der Waals surface area contributed by atoms with Gasteiger partial charge in [0.15, 0.2) is 0 Å². The van der Waals surface area contributed by atoms with Crippen LogP contribution in [-0.2, 0) is 0 Å². The molecule has 1 rings (SSSR count). The van der Waals surface area contributed by atoms with Gasteiger partial charge in [0.1, 0.15) is 11.3 Å². The summed E-state index contributed by atoms with van der Waals surface area (Å²) in [6.07, 6.45) is 0. The SMILES string of the molecule is COc1cc(N=C(N)NN)ccc1C(=O)O. The van der Waals surface area contributed by atoms with Crippen molar-refractivity contribution in [2.75, 3.05) is 7.11 Å². The number of hydrazine groups is 1. The average molecular weight is 224 g/mol. The molecule has 86 valence electrons. The highest BCUT2D eigenvalue weighted by Crippen LogP contribution is 2.24. The Bertz CT molecular complexity index is 431. The first-order valence-electron chi connectivity index (χ1n) is 4.30. The molecule has 0 atom stereocenters. The molecule has 0 fully saturated rings. The second kappa shape index (κ2) is 4.99. The molecule has 0 spiro atoms. The first-order valence-corrected chi connectivity index (χ1v) is 4.30. The number of rotatable bonds is 3. The number of hydrogen-bond donors (Lipinski definition) is 4. The number of hydrogen-bond acceptors (Lipinski definition) is 4. The number of methoxy groups -OCH3 is 1. The molecule has 0 radical (unpaired) electrons. The van der Waals surface area contributed by atoms with Crippen molar-refractivity contribution >= 4 is 17.6 Å². The maximum Gasteiger partial charge on any atom is 0.339 e. The van der Waals surface area contributed by atoms with Crippen LogP contribution in [0.2, 0.25) is 0 Å². The summed E-state index contributed by atoms with van der Waals surface area (Å²) in [5.41, 5.74) is 8.01. The topological polar surface area (TPSA) is 123 Å². The lowest BCUT2D eigenvalue weighted by molar-refractivity contribution is 0.0693. The Labute approximate surface area is 91.7 Å². The summed E-state index contributed by atoms with van der Waals surface area (Å²) in [7, 11) is 1.37. The first-order chi connectivity index (χ1) is 7.58. The van der Waals surface area contributed by atoms with Crippen LogP contribution >= 0.6 is 0 Å². The molecule has 0 aliphatic carbocycles. The number of guanidine groups is 1. The Balaban J connectivity index is 3.14. The van der Waals surface area contributed by atoms with Crippen molar-refractivity contribution in [3.05, 3.63) is 23.8 Å². The van der Waals surface area contributed by atoms with E-state index in [0.29, 0.717) is 5.69 Å². The number of nitrogens with zero attached hydrogens (tertiary/aromatic N) is 1. The molecule has 0 unspecified atom stereocenters. The van der Waals surface area contributed by atoms with Gasteiger partial charge in [0.05, 0.1) is 12.8 Å². The van der Waals surface area contributed by atoms with Gasteiger partial charge < -0.3 is 15.6 Å². The number of carboxylic acid groups (broad SMARTS) is 1. The Morgan fingerprint density at radius 3 is 2.75 bits per heavy atom. The number of carboxylic acids is 1. The molecule has 0 aliphatic heterocycles. The molecule has 0 aliphatic rings. The minimum Gasteiger partial charge on any atom is -0.496 e. The van der Waals surface area contributed by atoms with Gasteiger partial charge in [-0.1, -0.05) is 0 Å². The smallest absolute Gasteiger partial charge is 0.339 e. The van der Waals surface area contributed by atoms with Gasteiger partial charge in [0.25, 0.3) is 0 Å². The second-order valence-electron chi connectivity index (χ2n) is 2.83. The van der Waals surface area contributed by atoms with Crippen LogP contribution in [0.15, 0.2) is 23.2 Å². The van der Waals surface area contributed by atoms with Crippen LogP contribution in [0, 0.1) is 0 Å². The first kappa shape index (κ1) is 11.8. The van der Waals surface area contributed by atoms with Crippen molar-refractivity contribution in [3.8, 4) is 5.75 Å². The van der Waals surface area contributed by atoms with E-state index < -0.39 is 5.97 Å². The fraction of sp³-hybridized carbons (Fsp3) is 0.111. The fourth-order valence-electron chi connectivity index (χ4n) is 1.10. The fourth-order valence-corrected chi connectivity index (χ4v) is 1.10. The van der Waals surface area contributed by atoms with Gasteiger partial charge >= 0.3 is 5.97 Å². The Hall–Kier alpha value is -2.28. The molecular weight excluding hydrogens is 212 g/mol. The zero-order valence-corrected chi connectivity index (χ0v) is 8.60.